The molecule has 0 radical (unpaired) electrons. The van der Waals surface area contributed by atoms with Gasteiger partial charge in [-0.1, -0.05) is 53.7 Å². The van der Waals surface area contributed by atoms with E-state index in [0.29, 0.717) is 5.30 Å². The highest BCUT2D eigenvalue weighted by Crippen LogP contribution is 2.52. The van der Waals surface area contributed by atoms with Crippen LogP contribution in [0.1, 0.15) is 47.1 Å². The van der Waals surface area contributed by atoms with Gasteiger partial charge in [0.25, 0.3) is 0 Å². The summed E-state index contributed by atoms with van der Waals surface area (Å²) in [7, 11) is -3.30. The first kappa shape index (κ1) is 14.5. The van der Waals surface area contributed by atoms with Crippen molar-refractivity contribution < 1.29 is 9.46 Å². The van der Waals surface area contributed by atoms with Gasteiger partial charge in [0.05, 0.1) is 0 Å². The largest absolute Gasteiger partial charge is 0.341 e. The van der Waals surface area contributed by atoms with E-state index in [1.54, 1.807) is 32.9 Å². The average molecular weight is 254 g/mol. The molecular formula is C14H23O2P. The summed E-state index contributed by atoms with van der Waals surface area (Å²) >= 11 is 0. The first-order valence-electron chi connectivity index (χ1n) is 5.90. The lowest BCUT2D eigenvalue weighted by Gasteiger charge is -2.27. The summed E-state index contributed by atoms with van der Waals surface area (Å²) in [6.07, 6.45) is 0. The molecule has 96 valence electrons. The topological polar surface area (TPSA) is 37.3 Å². The van der Waals surface area contributed by atoms with Gasteiger partial charge in [0.2, 0.25) is 7.37 Å². The first-order valence-corrected chi connectivity index (χ1v) is 7.56. The molecule has 0 aliphatic rings. The zero-order chi connectivity index (χ0) is 13.5. The van der Waals surface area contributed by atoms with E-state index in [2.05, 4.69) is 20.8 Å². The van der Waals surface area contributed by atoms with Crippen molar-refractivity contribution in [1.82, 2.24) is 0 Å². The molecule has 0 saturated heterocycles. The molecule has 2 nitrogen and oxygen atoms in total. The molecule has 0 bridgehead atoms. The van der Waals surface area contributed by atoms with Gasteiger partial charge in [0, 0.05) is 10.5 Å². The van der Waals surface area contributed by atoms with Crippen molar-refractivity contribution in [2.24, 2.45) is 0 Å². The highest BCUT2D eigenvalue weighted by atomic mass is 31.2. The van der Waals surface area contributed by atoms with Crippen LogP contribution in [0.2, 0.25) is 0 Å². The molecule has 0 amide bonds. The molecule has 17 heavy (non-hydrogen) atoms. The Labute approximate surface area is 105 Å². The second-order valence-corrected chi connectivity index (χ2v) is 9.55. The predicted octanol–water partition coefficient (Wildman–Crippen LogP) is 3.68. The van der Waals surface area contributed by atoms with E-state index < -0.39 is 12.5 Å². The predicted molar refractivity (Wildman–Crippen MR) is 74.4 cm³/mol. The SMILES string of the molecule is CC(C)(C)c1ccc(P(=O)(O)C(C)(C)C)cc1. The van der Waals surface area contributed by atoms with E-state index in [0.717, 1.165) is 0 Å². The molecule has 1 rings (SSSR count). The molecule has 0 saturated carbocycles. The molecule has 3 heteroatoms. The minimum Gasteiger partial charge on any atom is -0.341 e. The molecule has 0 aromatic heterocycles. The third-order valence-electron chi connectivity index (χ3n) is 2.99. The van der Waals surface area contributed by atoms with Crippen LogP contribution in [0.5, 0.6) is 0 Å². The second-order valence-electron chi connectivity index (χ2n) is 6.54. The van der Waals surface area contributed by atoms with Crippen molar-refractivity contribution in [2.45, 2.75) is 52.1 Å². The fourth-order valence-electron chi connectivity index (χ4n) is 1.55. The number of hydrogen-bond acceptors (Lipinski definition) is 1. The van der Waals surface area contributed by atoms with E-state index in [4.69, 9.17) is 0 Å². The highest BCUT2D eigenvalue weighted by Gasteiger charge is 2.36. The molecule has 1 aromatic carbocycles. The Morgan fingerprint density at radius 3 is 1.65 bits per heavy atom. The second kappa shape index (κ2) is 4.26. The fourth-order valence-corrected chi connectivity index (χ4v) is 2.88. The maximum absolute atomic E-state index is 12.4. The van der Waals surface area contributed by atoms with Crippen LogP contribution >= 0.6 is 7.37 Å². The van der Waals surface area contributed by atoms with Gasteiger partial charge in [0.1, 0.15) is 0 Å². The van der Waals surface area contributed by atoms with Gasteiger partial charge < -0.3 is 4.89 Å². The summed E-state index contributed by atoms with van der Waals surface area (Å²) in [5.41, 5.74) is 1.25. The molecule has 1 N–H and O–H groups in total. The molecule has 0 aliphatic carbocycles. The van der Waals surface area contributed by atoms with Gasteiger partial charge >= 0.3 is 0 Å². The molecule has 0 fully saturated rings. The van der Waals surface area contributed by atoms with E-state index in [9.17, 15) is 9.46 Å². The lowest BCUT2D eigenvalue weighted by Crippen LogP contribution is -2.23. The van der Waals surface area contributed by atoms with Gasteiger partial charge in [0.15, 0.2) is 0 Å². The zero-order valence-electron chi connectivity index (χ0n) is 11.6. The van der Waals surface area contributed by atoms with Crippen molar-refractivity contribution >= 4 is 12.7 Å². The van der Waals surface area contributed by atoms with Gasteiger partial charge in [-0.25, -0.2) is 0 Å². The average Bonchev–Trinajstić information content (AvgIpc) is 2.15. The number of benzene rings is 1. The summed E-state index contributed by atoms with van der Waals surface area (Å²) < 4.78 is 12.4. The lowest BCUT2D eigenvalue weighted by atomic mass is 9.87. The minimum atomic E-state index is -3.30. The highest BCUT2D eigenvalue weighted by molar-refractivity contribution is 7.67. The summed E-state index contributed by atoms with van der Waals surface area (Å²) in [6, 6.07) is 7.47. The molecule has 1 atom stereocenters. The summed E-state index contributed by atoms with van der Waals surface area (Å²) in [6.45, 7) is 11.8. The zero-order valence-corrected chi connectivity index (χ0v) is 12.5. The van der Waals surface area contributed by atoms with Crippen LogP contribution < -0.4 is 5.30 Å². The summed E-state index contributed by atoms with van der Waals surface area (Å²) in [5, 5.41) is -0.0750. The van der Waals surface area contributed by atoms with E-state index in [1.807, 2.05) is 12.1 Å². The third-order valence-corrected chi connectivity index (χ3v) is 5.81. The first-order chi connectivity index (χ1) is 7.46. The quantitative estimate of drug-likeness (QED) is 0.776. The molecule has 0 heterocycles. The Morgan fingerprint density at radius 2 is 1.35 bits per heavy atom. The van der Waals surface area contributed by atoms with Crippen LogP contribution in [0.3, 0.4) is 0 Å². The van der Waals surface area contributed by atoms with Crippen LogP contribution in [0.4, 0.5) is 0 Å². The summed E-state index contributed by atoms with van der Waals surface area (Å²) in [5.74, 6) is 0. The van der Waals surface area contributed by atoms with Crippen LogP contribution in [-0.2, 0) is 9.98 Å². The molecule has 0 spiro atoms. The van der Waals surface area contributed by atoms with E-state index >= 15 is 0 Å². The lowest BCUT2D eigenvalue weighted by molar-refractivity contribution is 0.458. The number of hydrogen-bond donors (Lipinski definition) is 1. The van der Waals surface area contributed by atoms with E-state index in [1.165, 1.54) is 5.56 Å². The monoisotopic (exact) mass is 254 g/mol. The smallest absolute Gasteiger partial charge is 0.234 e. The normalized spacial score (nSPS) is 16.6. The van der Waals surface area contributed by atoms with Crippen molar-refractivity contribution in [1.29, 1.82) is 0 Å². The maximum Gasteiger partial charge on any atom is 0.234 e. The van der Waals surface area contributed by atoms with Gasteiger partial charge in [-0.2, -0.15) is 0 Å². The molecule has 1 unspecified atom stereocenters. The van der Waals surface area contributed by atoms with Crippen LogP contribution in [-0.4, -0.2) is 10.0 Å². The van der Waals surface area contributed by atoms with Crippen LogP contribution in [0.15, 0.2) is 24.3 Å². The molecule has 1 aromatic rings. The van der Waals surface area contributed by atoms with Crippen molar-refractivity contribution in [3.63, 3.8) is 0 Å². The van der Waals surface area contributed by atoms with Gasteiger partial charge in [-0.05, 0) is 23.1 Å². The van der Waals surface area contributed by atoms with Gasteiger partial charge in [-0.3, -0.25) is 4.57 Å². The maximum atomic E-state index is 12.4. The minimum absolute atomic E-state index is 0.0692. The van der Waals surface area contributed by atoms with Crippen LogP contribution in [0.25, 0.3) is 0 Å². The Hall–Kier alpha value is -0.590. The van der Waals surface area contributed by atoms with Crippen LogP contribution in [0, 0.1) is 0 Å². The Bertz CT molecular complexity index is 433. The summed E-state index contributed by atoms with van der Waals surface area (Å²) in [4.78, 5) is 10.2. The van der Waals surface area contributed by atoms with Crippen molar-refractivity contribution in [3.8, 4) is 0 Å². The van der Waals surface area contributed by atoms with E-state index in [-0.39, 0.29) is 5.41 Å². The third kappa shape index (κ3) is 3.00. The Morgan fingerprint density at radius 1 is 0.941 bits per heavy atom. The van der Waals surface area contributed by atoms with Gasteiger partial charge in [-0.15, -0.1) is 0 Å². The Balaban J connectivity index is 3.17. The fraction of sp³-hybridized carbons (Fsp3) is 0.571. The standard InChI is InChI=1S/C14H23O2P/c1-13(2,3)11-7-9-12(10-8-11)17(15,16)14(4,5)6/h7-10H,1-6H3,(H,15,16). The Kier molecular flexibility index (Phi) is 3.63. The molecular weight excluding hydrogens is 231 g/mol. The molecule has 0 aliphatic heterocycles. The number of rotatable bonds is 1. The van der Waals surface area contributed by atoms with Crippen molar-refractivity contribution in [2.75, 3.05) is 0 Å². The van der Waals surface area contributed by atoms with Crippen molar-refractivity contribution in [3.05, 3.63) is 29.8 Å².